The number of fused-ring (bicyclic) bond motifs is 1. The zero-order valence-corrected chi connectivity index (χ0v) is 16.1. The van der Waals surface area contributed by atoms with Gasteiger partial charge in [0.25, 0.3) is 10.0 Å². The van der Waals surface area contributed by atoms with E-state index >= 15 is 0 Å². The van der Waals surface area contributed by atoms with Crippen LogP contribution in [0.25, 0.3) is 22.2 Å². The average molecular weight is 420 g/mol. The van der Waals surface area contributed by atoms with Crippen LogP contribution in [0.4, 0.5) is 14.5 Å². The summed E-state index contributed by atoms with van der Waals surface area (Å²) < 4.78 is 60.0. The third kappa shape index (κ3) is 3.34. The molecule has 0 atom stereocenters. The number of hydrogen-bond donors (Lipinski definition) is 2. The SMILES string of the molecule is COc1ccc(-c2cc3cc(F)c(F)cc3[nH]2)cc1NS(=O)(=O)c1cccs1. The second-order valence-corrected chi connectivity index (χ2v) is 8.85. The molecule has 0 radical (unpaired) electrons. The summed E-state index contributed by atoms with van der Waals surface area (Å²) in [5.41, 5.74) is 1.90. The van der Waals surface area contributed by atoms with Gasteiger partial charge in [-0.05, 0) is 41.8 Å². The molecule has 0 aliphatic rings. The van der Waals surface area contributed by atoms with E-state index in [0.717, 1.165) is 23.5 Å². The number of thiophene rings is 1. The van der Waals surface area contributed by atoms with E-state index in [1.807, 2.05) is 0 Å². The van der Waals surface area contributed by atoms with E-state index in [4.69, 9.17) is 4.74 Å². The summed E-state index contributed by atoms with van der Waals surface area (Å²) in [5.74, 6) is -1.53. The van der Waals surface area contributed by atoms with Crippen molar-refractivity contribution in [3.05, 3.63) is 65.5 Å². The number of nitrogens with one attached hydrogen (secondary N) is 2. The Morgan fingerprint density at radius 1 is 1.07 bits per heavy atom. The Morgan fingerprint density at radius 3 is 2.57 bits per heavy atom. The van der Waals surface area contributed by atoms with E-state index in [1.165, 1.54) is 13.2 Å². The number of H-pyrrole nitrogens is 1. The van der Waals surface area contributed by atoms with Crippen molar-refractivity contribution < 1.29 is 21.9 Å². The maximum Gasteiger partial charge on any atom is 0.271 e. The fourth-order valence-electron chi connectivity index (χ4n) is 2.85. The Kier molecular flexibility index (Phi) is 4.56. The molecule has 9 heteroatoms. The number of anilines is 1. The minimum absolute atomic E-state index is 0.177. The molecule has 2 aromatic carbocycles. The molecule has 0 amide bonds. The Bertz CT molecular complexity index is 1230. The number of benzene rings is 2. The number of aromatic nitrogens is 1. The van der Waals surface area contributed by atoms with E-state index in [0.29, 0.717) is 27.9 Å². The van der Waals surface area contributed by atoms with Gasteiger partial charge >= 0.3 is 0 Å². The highest BCUT2D eigenvalue weighted by Gasteiger charge is 2.18. The van der Waals surface area contributed by atoms with Crippen molar-refractivity contribution in [1.29, 1.82) is 0 Å². The summed E-state index contributed by atoms with van der Waals surface area (Å²) in [6.45, 7) is 0. The van der Waals surface area contributed by atoms with Gasteiger partial charge in [-0.15, -0.1) is 11.3 Å². The molecule has 0 unspecified atom stereocenters. The van der Waals surface area contributed by atoms with E-state index in [9.17, 15) is 17.2 Å². The highest BCUT2D eigenvalue weighted by Crippen LogP contribution is 2.34. The molecule has 2 heterocycles. The number of rotatable bonds is 5. The molecule has 0 spiro atoms. The summed E-state index contributed by atoms with van der Waals surface area (Å²) in [6, 6.07) is 11.9. The summed E-state index contributed by atoms with van der Waals surface area (Å²) in [4.78, 5) is 3.01. The van der Waals surface area contributed by atoms with Gasteiger partial charge in [-0.25, -0.2) is 17.2 Å². The van der Waals surface area contributed by atoms with E-state index in [1.54, 1.807) is 35.7 Å². The number of methoxy groups -OCH3 is 1. The molecule has 4 rings (SSSR count). The molecule has 2 aromatic heterocycles. The van der Waals surface area contributed by atoms with Crippen LogP contribution in [0.5, 0.6) is 5.75 Å². The Morgan fingerprint density at radius 2 is 1.86 bits per heavy atom. The molecule has 0 bridgehead atoms. The van der Waals surface area contributed by atoms with Crippen molar-refractivity contribution in [2.24, 2.45) is 0 Å². The number of aromatic amines is 1. The molecule has 0 aliphatic carbocycles. The third-order valence-corrected chi connectivity index (χ3v) is 6.94. The smallest absolute Gasteiger partial charge is 0.271 e. The van der Waals surface area contributed by atoms with Gasteiger partial charge in [0.05, 0.1) is 12.8 Å². The molecule has 0 fully saturated rings. The van der Waals surface area contributed by atoms with Crippen LogP contribution in [0.3, 0.4) is 0 Å². The molecule has 2 N–H and O–H groups in total. The predicted molar refractivity (Wildman–Crippen MR) is 105 cm³/mol. The molecular formula is C19H14F2N2O3S2. The maximum atomic E-state index is 13.5. The minimum Gasteiger partial charge on any atom is -0.495 e. The first-order valence-corrected chi connectivity index (χ1v) is 10.5. The number of hydrogen-bond acceptors (Lipinski definition) is 4. The highest BCUT2D eigenvalue weighted by molar-refractivity contribution is 7.94. The Hall–Kier alpha value is -2.91. The molecular weight excluding hydrogens is 406 g/mol. The number of halogens is 2. The van der Waals surface area contributed by atoms with Crippen LogP contribution < -0.4 is 9.46 Å². The van der Waals surface area contributed by atoms with Crippen LogP contribution in [-0.2, 0) is 10.0 Å². The zero-order valence-electron chi connectivity index (χ0n) is 14.5. The van der Waals surface area contributed by atoms with Crippen molar-refractivity contribution in [3.8, 4) is 17.0 Å². The molecule has 0 saturated carbocycles. The second kappa shape index (κ2) is 6.92. The van der Waals surface area contributed by atoms with Crippen LogP contribution in [0.15, 0.2) is 58.1 Å². The van der Waals surface area contributed by atoms with Crippen molar-refractivity contribution in [2.75, 3.05) is 11.8 Å². The fraction of sp³-hybridized carbons (Fsp3) is 0.0526. The second-order valence-electron chi connectivity index (χ2n) is 5.99. The molecule has 144 valence electrons. The average Bonchev–Trinajstić information content (AvgIpc) is 3.32. The van der Waals surface area contributed by atoms with Crippen LogP contribution in [0, 0.1) is 11.6 Å². The lowest BCUT2D eigenvalue weighted by atomic mass is 10.1. The van der Waals surface area contributed by atoms with Gasteiger partial charge in [0.1, 0.15) is 9.96 Å². The standard InChI is InChI=1S/C19H14F2N2O3S2/c1-26-18-5-4-11(8-17(18)23-28(24,25)19-3-2-6-27-19)15-9-12-7-13(20)14(21)10-16(12)22-15/h2-10,22-23H,1H3. The van der Waals surface area contributed by atoms with Gasteiger partial charge < -0.3 is 9.72 Å². The Balaban J connectivity index is 1.77. The normalized spacial score (nSPS) is 11.7. The van der Waals surface area contributed by atoms with E-state index in [2.05, 4.69) is 9.71 Å². The fourth-order valence-corrected chi connectivity index (χ4v) is 4.90. The lowest BCUT2D eigenvalue weighted by Gasteiger charge is -2.12. The summed E-state index contributed by atoms with van der Waals surface area (Å²) in [5, 5.41) is 2.18. The molecule has 5 nitrogen and oxygen atoms in total. The molecule has 0 aliphatic heterocycles. The maximum absolute atomic E-state index is 13.5. The van der Waals surface area contributed by atoms with Gasteiger partial charge in [0.2, 0.25) is 0 Å². The molecule has 0 saturated heterocycles. The van der Waals surface area contributed by atoms with Crippen molar-refractivity contribution in [2.45, 2.75) is 4.21 Å². The number of sulfonamides is 1. The molecule has 28 heavy (non-hydrogen) atoms. The van der Waals surface area contributed by atoms with Crippen LogP contribution in [-0.4, -0.2) is 20.5 Å². The topological polar surface area (TPSA) is 71.2 Å². The summed E-state index contributed by atoms with van der Waals surface area (Å²) in [7, 11) is -2.32. The predicted octanol–water partition coefficient (Wildman–Crippen LogP) is 4.98. The first-order chi connectivity index (χ1) is 13.4. The van der Waals surface area contributed by atoms with Crippen LogP contribution in [0.1, 0.15) is 0 Å². The largest absolute Gasteiger partial charge is 0.495 e. The van der Waals surface area contributed by atoms with Gasteiger partial charge in [0.15, 0.2) is 11.6 Å². The lowest BCUT2D eigenvalue weighted by Crippen LogP contribution is -2.12. The van der Waals surface area contributed by atoms with Crippen molar-refractivity contribution in [1.82, 2.24) is 4.98 Å². The van der Waals surface area contributed by atoms with Gasteiger partial charge in [-0.1, -0.05) is 6.07 Å². The highest BCUT2D eigenvalue weighted by atomic mass is 32.2. The van der Waals surface area contributed by atoms with Gasteiger partial charge in [-0.2, -0.15) is 0 Å². The Labute approximate surface area is 163 Å². The number of ether oxygens (including phenoxy) is 1. The lowest BCUT2D eigenvalue weighted by molar-refractivity contribution is 0.417. The summed E-state index contributed by atoms with van der Waals surface area (Å²) in [6.07, 6.45) is 0. The quantitative estimate of drug-likeness (QED) is 0.478. The third-order valence-electron chi connectivity index (χ3n) is 4.18. The van der Waals surface area contributed by atoms with E-state index < -0.39 is 21.7 Å². The minimum atomic E-state index is -3.76. The van der Waals surface area contributed by atoms with E-state index in [-0.39, 0.29) is 9.90 Å². The van der Waals surface area contributed by atoms with Crippen LogP contribution >= 0.6 is 11.3 Å². The zero-order chi connectivity index (χ0) is 19.9. The van der Waals surface area contributed by atoms with Crippen molar-refractivity contribution in [3.63, 3.8) is 0 Å². The summed E-state index contributed by atoms with van der Waals surface area (Å²) >= 11 is 1.10. The first kappa shape index (κ1) is 18.5. The monoisotopic (exact) mass is 420 g/mol. The van der Waals surface area contributed by atoms with Gasteiger partial charge in [0, 0.05) is 28.2 Å². The first-order valence-electron chi connectivity index (χ1n) is 8.10. The van der Waals surface area contributed by atoms with Crippen LogP contribution in [0.2, 0.25) is 0 Å². The molecule has 4 aromatic rings. The van der Waals surface area contributed by atoms with Gasteiger partial charge in [-0.3, -0.25) is 4.72 Å². The van der Waals surface area contributed by atoms with Crippen molar-refractivity contribution >= 4 is 38.0 Å².